The van der Waals surface area contributed by atoms with Crippen LogP contribution in [0, 0.1) is 23.1 Å². The SMILES string of the molecule is CC(C)C(NC(=O)Cn1c(-c2ccc(F)cc2)ncc(NC(=O)OCc2ccccc2)c1=O)(O[SiH](C)C)C(C(C)(C)C)C(F)(F)F. The zero-order chi connectivity index (χ0) is 34.4. The van der Waals surface area contributed by atoms with E-state index in [1.54, 1.807) is 43.4 Å². The molecule has 3 aromatic rings. The number of alkyl halides is 3. The molecule has 0 radical (unpaired) electrons. The molecule has 14 heteroatoms. The molecule has 1 aromatic heterocycles. The fourth-order valence-corrected chi connectivity index (χ4v) is 6.62. The molecule has 2 amide bonds. The Balaban J connectivity index is 2.05. The highest BCUT2D eigenvalue weighted by atomic mass is 28.3. The molecule has 0 aliphatic carbocycles. The van der Waals surface area contributed by atoms with E-state index in [0.29, 0.717) is 5.56 Å². The van der Waals surface area contributed by atoms with Crippen molar-refractivity contribution < 1.29 is 36.3 Å². The van der Waals surface area contributed by atoms with Gasteiger partial charge < -0.3 is 14.5 Å². The Morgan fingerprint density at radius 1 is 1.00 bits per heavy atom. The van der Waals surface area contributed by atoms with E-state index in [0.717, 1.165) is 22.9 Å². The van der Waals surface area contributed by atoms with Crippen LogP contribution in [0.5, 0.6) is 0 Å². The van der Waals surface area contributed by atoms with Crippen LogP contribution in [0.2, 0.25) is 13.1 Å². The van der Waals surface area contributed by atoms with Gasteiger partial charge >= 0.3 is 12.3 Å². The first kappa shape index (κ1) is 36.4. The summed E-state index contributed by atoms with van der Waals surface area (Å²) in [6, 6.07) is 13.7. The molecule has 0 aliphatic heterocycles. The molecule has 9 nitrogen and oxygen atoms in total. The second-order valence-corrected chi connectivity index (χ2v) is 14.9. The standard InChI is InChI=1S/C32H40F4N4O5Si/c1-20(2)31(45-46(6)7,28(30(3,4)5)32(34,35)36)39-25(41)18-40-26(22-13-15-23(33)16-14-22)37-17-24(27(40)42)38-29(43)44-19-21-11-9-8-10-12-21/h8-17,20,28,46H,18-19H2,1-7H3,(H,38,43)(H,39,41). The van der Waals surface area contributed by atoms with Crippen LogP contribution in [-0.2, 0) is 27.1 Å². The van der Waals surface area contributed by atoms with Gasteiger partial charge in [-0.15, -0.1) is 0 Å². The van der Waals surface area contributed by atoms with Crippen LogP contribution in [-0.4, -0.2) is 42.5 Å². The van der Waals surface area contributed by atoms with Crippen molar-refractivity contribution in [2.45, 2.75) is 72.8 Å². The maximum absolute atomic E-state index is 14.8. The summed E-state index contributed by atoms with van der Waals surface area (Å²) in [6.45, 7) is 9.86. The van der Waals surface area contributed by atoms with Crippen molar-refractivity contribution in [1.82, 2.24) is 14.9 Å². The number of rotatable bonds is 11. The number of hydrogen-bond donors (Lipinski definition) is 2. The van der Waals surface area contributed by atoms with Crippen molar-refractivity contribution in [3.05, 3.63) is 82.5 Å². The molecule has 2 N–H and O–H groups in total. The third kappa shape index (κ3) is 9.03. The molecule has 0 bridgehead atoms. The molecule has 0 saturated carbocycles. The predicted molar refractivity (Wildman–Crippen MR) is 169 cm³/mol. The van der Waals surface area contributed by atoms with Crippen LogP contribution in [0.3, 0.4) is 0 Å². The summed E-state index contributed by atoms with van der Waals surface area (Å²) < 4.78 is 70.2. The second-order valence-electron chi connectivity index (χ2n) is 12.6. The Bertz CT molecular complexity index is 1540. The molecule has 0 saturated heterocycles. The van der Waals surface area contributed by atoms with Gasteiger partial charge in [0.1, 0.15) is 42.1 Å². The van der Waals surface area contributed by atoms with Crippen LogP contribution < -0.4 is 16.2 Å². The highest BCUT2D eigenvalue weighted by molar-refractivity contribution is 6.48. The zero-order valence-electron chi connectivity index (χ0n) is 26.9. The average molecular weight is 665 g/mol. The van der Waals surface area contributed by atoms with Gasteiger partial charge in [0, 0.05) is 11.5 Å². The van der Waals surface area contributed by atoms with Crippen LogP contribution in [0.15, 0.2) is 65.6 Å². The molecule has 0 spiro atoms. The van der Waals surface area contributed by atoms with Gasteiger partial charge in [-0.25, -0.2) is 14.2 Å². The quantitative estimate of drug-likeness (QED) is 0.138. The summed E-state index contributed by atoms with van der Waals surface area (Å²) in [5.41, 5.74) is -3.85. The molecule has 2 atom stereocenters. The number of carbonyl (C=O) groups is 2. The van der Waals surface area contributed by atoms with Crippen molar-refractivity contribution >= 4 is 26.7 Å². The Morgan fingerprint density at radius 3 is 2.13 bits per heavy atom. The van der Waals surface area contributed by atoms with Crippen LogP contribution in [0.4, 0.5) is 28.0 Å². The topological polar surface area (TPSA) is 112 Å². The average Bonchev–Trinajstić information content (AvgIpc) is 2.93. The molecule has 250 valence electrons. The summed E-state index contributed by atoms with van der Waals surface area (Å²) >= 11 is 0. The Hall–Kier alpha value is -4.04. The minimum absolute atomic E-state index is 0.0826. The molecular formula is C32H40F4N4O5Si. The Labute approximate surface area is 267 Å². The maximum Gasteiger partial charge on any atom is 0.412 e. The van der Waals surface area contributed by atoms with E-state index in [1.165, 1.54) is 46.8 Å². The lowest BCUT2D eigenvalue weighted by Crippen LogP contribution is -2.67. The van der Waals surface area contributed by atoms with Gasteiger partial charge in [0.05, 0.1) is 6.20 Å². The van der Waals surface area contributed by atoms with Gasteiger partial charge in [-0.1, -0.05) is 65.0 Å². The van der Waals surface area contributed by atoms with Crippen LogP contribution in [0.25, 0.3) is 11.4 Å². The van der Waals surface area contributed by atoms with Crippen molar-refractivity contribution in [1.29, 1.82) is 0 Å². The first-order chi connectivity index (χ1) is 21.3. The van der Waals surface area contributed by atoms with Crippen LogP contribution >= 0.6 is 0 Å². The monoisotopic (exact) mass is 664 g/mol. The molecular weight excluding hydrogens is 624 g/mol. The number of halogens is 4. The molecule has 0 aliphatic rings. The number of nitrogens with one attached hydrogen (secondary N) is 2. The fourth-order valence-electron chi connectivity index (χ4n) is 5.37. The largest absolute Gasteiger partial charge is 0.444 e. The van der Waals surface area contributed by atoms with E-state index in [2.05, 4.69) is 15.6 Å². The van der Waals surface area contributed by atoms with E-state index >= 15 is 0 Å². The van der Waals surface area contributed by atoms with Gasteiger partial charge in [-0.3, -0.25) is 19.5 Å². The van der Waals surface area contributed by atoms with Crippen molar-refractivity contribution in [3.8, 4) is 11.4 Å². The summed E-state index contributed by atoms with van der Waals surface area (Å²) in [7, 11) is -2.22. The van der Waals surface area contributed by atoms with Gasteiger partial charge in [-0.2, -0.15) is 13.2 Å². The fraction of sp³-hybridized carbons (Fsp3) is 0.438. The normalized spacial score (nSPS) is 14.1. The van der Waals surface area contributed by atoms with Crippen molar-refractivity contribution in [2.75, 3.05) is 5.32 Å². The maximum atomic E-state index is 14.8. The minimum Gasteiger partial charge on any atom is -0.444 e. The first-order valence-electron chi connectivity index (χ1n) is 14.7. The summed E-state index contributed by atoms with van der Waals surface area (Å²) in [4.78, 5) is 44.2. The van der Waals surface area contributed by atoms with Gasteiger partial charge in [0.2, 0.25) is 5.91 Å². The van der Waals surface area contributed by atoms with E-state index in [-0.39, 0.29) is 23.7 Å². The number of benzene rings is 2. The lowest BCUT2D eigenvalue weighted by molar-refractivity contribution is -0.265. The third-order valence-corrected chi connectivity index (χ3v) is 8.01. The summed E-state index contributed by atoms with van der Waals surface area (Å²) in [5.74, 6) is -4.56. The lowest BCUT2D eigenvalue weighted by atomic mass is 9.70. The molecule has 2 unspecified atom stereocenters. The van der Waals surface area contributed by atoms with E-state index in [4.69, 9.17) is 9.16 Å². The third-order valence-electron chi connectivity index (χ3n) is 7.15. The van der Waals surface area contributed by atoms with Crippen LogP contribution in [0.1, 0.15) is 40.2 Å². The Morgan fingerprint density at radius 2 is 1.61 bits per heavy atom. The number of ether oxygens (including phenoxy) is 1. The first-order valence-corrected chi connectivity index (χ1v) is 17.5. The second kappa shape index (κ2) is 14.6. The molecule has 3 rings (SSSR count). The molecule has 2 aromatic carbocycles. The van der Waals surface area contributed by atoms with E-state index in [9.17, 15) is 31.9 Å². The molecule has 0 fully saturated rings. The highest BCUT2D eigenvalue weighted by Gasteiger charge is 2.61. The molecule has 1 heterocycles. The van der Waals surface area contributed by atoms with E-state index in [1.807, 2.05) is 0 Å². The smallest absolute Gasteiger partial charge is 0.412 e. The number of hydrogen-bond acceptors (Lipinski definition) is 6. The number of anilines is 1. The number of nitrogens with zero attached hydrogens (tertiary/aromatic N) is 2. The number of aromatic nitrogens is 2. The van der Waals surface area contributed by atoms with Crippen molar-refractivity contribution in [2.24, 2.45) is 17.3 Å². The number of amides is 2. The highest BCUT2D eigenvalue weighted by Crippen LogP contribution is 2.49. The van der Waals surface area contributed by atoms with Gasteiger partial charge in [-0.05, 0) is 48.3 Å². The predicted octanol–water partition coefficient (Wildman–Crippen LogP) is 6.49. The summed E-state index contributed by atoms with van der Waals surface area (Å²) in [6.07, 6.45) is -4.67. The zero-order valence-corrected chi connectivity index (χ0v) is 28.0. The van der Waals surface area contributed by atoms with E-state index < -0.39 is 68.1 Å². The Kier molecular flexibility index (Phi) is 11.5. The summed E-state index contributed by atoms with van der Waals surface area (Å²) in [5, 5.41) is 4.85. The lowest BCUT2D eigenvalue weighted by Gasteiger charge is -2.51. The van der Waals surface area contributed by atoms with Crippen molar-refractivity contribution in [3.63, 3.8) is 0 Å². The minimum atomic E-state index is -4.76. The van der Waals surface area contributed by atoms with Gasteiger partial charge in [0.15, 0.2) is 9.04 Å². The van der Waals surface area contributed by atoms with Gasteiger partial charge in [0.25, 0.3) is 5.56 Å². The molecule has 46 heavy (non-hydrogen) atoms. The number of carbonyl (C=O) groups excluding carboxylic acids is 2.